The Labute approximate surface area is 217 Å². The molecule has 2 heterocycles. The number of benzene rings is 2. The Balaban J connectivity index is 1.81. The fraction of sp³-hybridized carbons (Fsp3) is 0.467. The van der Waals surface area contributed by atoms with E-state index in [0.717, 1.165) is 0 Å². The Morgan fingerprint density at radius 2 is 1.15 bits per heavy atom. The van der Waals surface area contributed by atoms with E-state index in [1.807, 2.05) is 2.89 Å². The van der Waals surface area contributed by atoms with Crippen LogP contribution in [0.25, 0.3) is 0 Å². The van der Waals surface area contributed by atoms with E-state index >= 15 is 0 Å². The maximum atomic E-state index is 2.60. The van der Waals surface area contributed by atoms with Crippen molar-refractivity contribution in [1.82, 2.24) is 0 Å². The van der Waals surface area contributed by atoms with Crippen molar-refractivity contribution in [2.45, 2.75) is 85.7 Å². The summed E-state index contributed by atoms with van der Waals surface area (Å²) in [6.07, 6.45) is 8.27. The molecule has 1 aromatic heterocycles. The third-order valence-electron chi connectivity index (χ3n) is 8.00. The maximum absolute atomic E-state index is 2.60. The minimum absolute atomic E-state index is 1.34. The quantitative estimate of drug-likeness (QED) is 0.201. The van der Waals surface area contributed by atoms with E-state index in [1.54, 1.807) is 10.4 Å². The van der Waals surface area contributed by atoms with Crippen LogP contribution in [0.2, 0.25) is 26.4 Å². The van der Waals surface area contributed by atoms with Crippen molar-refractivity contribution in [3.63, 3.8) is 0 Å². The van der Waals surface area contributed by atoms with Crippen LogP contribution in [-0.4, -0.2) is 26.5 Å². The number of unbranched alkanes of at least 4 members (excludes halogenated alkanes) is 3. The van der Waals surface area contributed by atoms with Crippen molar-refractivity contribution in [3.05, 3.63) is 60.7 Å². The summed E-state index contributed by atoms with van der Waals surface area (Å²) in [6, 6.07) is 23.5. The van der Waals surface area contributed by atoms with Gasteiger partial charge in [-0.2, -0.15) is 0 Å². The molecule has 0 saturated heterocycles. The molecule has 0 amide bonds. The van der Waals surface area contributed by atoms with E-state index in [0.29, 0.717) is 0 Å². The van der Waals surface area contributed by atoms with Gasteiger partial charge in [-0.15, -0.1) is 0 Å². The van der Waals surface area contributed by atoms with Crippen molar-refractivity contribution in [2.75, 3.05) is 4.90 Å². The molecule has 3 aromatic rings. The van der Waals surface area contributed by atoms with Gasteiger partial charge in [-0.25, -0.2) is 0 Å². The van der Waals surface area contributed by atoms with Crippen LogP contribution in [-0.2, 0) is 0 Å². The number of fused-ring (bicyclic) bond motifs is 2. The van der Waals surface area contributed by atoms with Crippen LogP contribution < -0.4 is 18.2 Å². The first kappa shape index (κ1) is 26.0. The molecule has 0 N–H and O–H groups in total. The average molecular weight is 597 g/mol. The molecule has 1 aliphatic rings. The molecule has 1 nitrogen and oxygen atoms in total. The van der Waals surface area contributed by atoms with E-state index in [9.17, 15) is 0 Å². The molecule has 0 aliphatic carbocycles. The second-order valence-electron chi connectivity index (χ2n) is 10.7. The van der Waals surface area contributed by atoms with Gasteiger partial charge < -0.3 is 0 Å². The minimum atomic E-state index is -2.42. The number of nitrogens with zero attached hydrogens (tertiary/aromatic N) is 1. The zero-order valence-corrected chi connectivity index (χ0v) is 26.7. The van der Waals surface area contributed by atoms with Crippen LogP contribution in [0.4, 0.5) is 16.4 Å². The first-order valence-electron chi connectivity index (χ1n) is 13.6. The van der Waals surface area contributed by atoms with Crippen molar-refractivity contribution in [2.24, 2.45) is 0 Å². The van der Waals surface area contributed by atoms with E-state index < -0.39 is 26.5 Å². The molecule has 0 atom stereocenters. The second-order valence-corrected chi connectivity index (χ2v) is 30.3. The summed E-state index contributed by atoms with van der Waals surface area (Å²) in [6.45, 7) is 12.2. The monoisotopic (exact) mass is 597 g/mol. The Morgan fingerprint density at radius 1 is 0.676 bits per heavy atom. The van der Waals surface area contributed by atoms with Gasteiger partial charge in [0.15, 0.2) is 0 Å². The fourth-order valence-corrected chi connectivity index (χ4v) is 29.0. The Hall–Kier alpha value is -1.04. The molecule has 4 heteroatoms. The number of rotatable bonds is 11. The summed E-state index contributed by atoms with van der Waals surface area (Å²) in [5.41, 5.74) is 2.84. The van der Waals surface area contributed by atoms with Gasteiger partial charge in [0.25, 0.3) is 0 Å². The molecule has 0 saturated carbocycles. The van der Waals surface area contributed by atoms with Crippen LogP contribution in [0.1, 0.15) is 59.3 Å². The molecule has 0 radical (unpaired) electrons. The summed E-state index contributed by atoms with van der Waals surface area (Å²) >= 11 is -0.265. The van der Waals surface area contributed by atoms with Gasteiger partial charge in [-0.05, 0) is 0 Å². The topological polar surface area (TPSA) is 3.24 Å². The van der Waals surface area contributed by atoms with E-state index in [1.165, 1.54) is 68.2 Å². The normalized spacial score (nSPS) is 14.7. The Morgan fingerprint density at radius 3 is 1.62 bits per heavy atom. The third kappa shape index (κ3) is 4.94. The third-order valence-corrected chi connectivity index (χ3v) is 30.9. The molecule has 0 spiro atoms. The van der Waals surface area contributed by atoms with Gasteiger partial charge in [-0.1, -0.05) is 0 Å². The zero-order chi connectivity index (χ0) is 24.2. The van der Waals surface area contributed by atoms with Gasteiger partial charge in [0, 0.05) is 0 Å². The molecule has 0 bridgehead atoms. The standard InChI is InChI=1S/C18H16NSSi.3C4H9.Sn/c1-21(2)16-10-5-3-8-14(16)19(18-12-7-13-20-18)15-9-4-6-11-17(15)21;3*1-3-4-2;/h3-12H,1-2H3;3*1,3-4H2,2H3;. The number of thiophene rings is 1. The van der Waals surface area contributed by atoms with Crippen LogP contribution >= 0.6 is 11.3 Å². The summed E-state index contributed by atoms with van der Waals surface area (Å²) in [4.78, 5) is 2.60. The molecular weight excluding hydrogens is 553 g/mol. The SMILES string of the molecule is CCC[CH2][Sn]([CH2]CCC)([CH2]CCC)[c]1ccc(N2c3ccccc3[Si](C)(C)c3ccccc32)s1. The molecule has 182 valence electrons. The molecule has 4 rings (SSSR count). The van der Waals surface area contributed by atoms with E-state index in [-0.39, 0.29) is 0 Å². The van der Waals surface area contributed by atoms with Gasteiger partial charge in [0.2, 0.25) is 0 Å². The summed E-state index contributed by atoms with van der Waals surface area (Å²) in [5.74, 6) is 0. The number of para-hydroxylation sites is 2. The summed E-state index contributed by atoms with van der Waals surface area (Å²) in [5, 5.41) is 4.58. The average Bonchev–Trinajstić information content (AvgIpc) is 3.34. The zero-order valence-electron chi connectivity index (χ0n) is 22.0. The van der Waals surface area contributed by atoms with Crippen LogP contribution in [0.3, 0.4) is 0 Å². The first-order valence-corrected chi connectivity index (χ1v) is 24.9. The summed E-state index contributed by atoms with van der Waals surface area (Å²) in [7, 11) is -1.71. The van der Waals surface area contributed by atoms with Gasteiger partial charge in [-0.3, -0.25) is 0 Å². The van der Waals surface area contributed by atoms with Gasteiger partial charge in [0.05, 0.1) is 0 Å². The predicted octanol–water partition coefficient (Wildman–Crippen LogP) is 8.41. The first-order chi connectivity index (χ1) is 16.5. The van der Waals surface area contributed by atoms with E-state index in [2.05, 4.69) is 111 Å². The van der Waals surface area contributed by atoms with Gasteiger partial charge in [0.1, 0.15) is 0 Å². The molecule has 2 aromatic carbocycles. The number of hydrogen-bond donors (Lipinski definition) is 0. The van der Waals surface area contributed by atoms with Crippen molar-refractivity contribution in [1.29, 1.82) is 0 Å². The Kier molecular flexibility index (Phi) is 8.69. The molecular formula is C30H43NSSiSn. The van der Waals surface area contributed by atoms with Crippen LogP contribution in [0.5, 0.6) is 0 Å². The van der Waals surface area contributed by atoms with Crippen LogP contribution in [0.15, 0.2) is 60.7 Å². The van der Waals surface area contributed by atoms with E-state index in [4.69, 9.17) is 0 Å². The van der Waals surface area contributed by atoms with Crippen molar-refractivity contribution < 1.29 is 0 Å². The molecule has 1 aliphatic heterocycles. The second kappa shape index (κ2) is 11.3. The fourth-order valence-electron chi connectivity index (χ4n) is 5.93. The number of anilines is 3. The summed E-state index contributed by atoms with van der Waals surface area (Å²) < 4.78 is 6.45. The number of hydrogen-bond acceptors (Lipinski definition) is 2. The van der Waals surface area contributed by atoms with Gasteiger partial charge >= 0.3 is 219 Å². The predicted molar refractivity (Wildman–Crippen MR) is 160 cm³/mol. The van der Waals surface area contributed by atoms with Crippen molar-refractivity contribution >= 4 is 67.4 Å². The molecule has 0 unspecified atom stereocenters. The molecule has 34 heavy (non-hydrogen) atoms. The van der Waals surface area contributed by atoms with Crippen molar-refractivity contribution in [3.8, 4) is 0 Å². The van der Waals surface area contributed by atoms with Crippen LogP contribution in [0, 0.1) is 0 Å². The Bertz CT molecular complexity index is 1020. The molecule has 0 fully saturated rings.